The van der Waals surface area contributed by atoms with Crippen LogP contribution < -0.4 is 4.74 Å². The van der Waals surface area contributed by atoms with E-state index in [1.165, 1.54) is 25.7 Å². The van der Waals surface area contributed by atoms with Crippen molar-refractivity contribution in [1.82, 2.24) is 9.80 Å². The maximum atomic E-state index is 13.0. The third-order valence-electron chi connectivity index (χ3n) is 6.10. The Hall–Kier alpha value is -1.98. The summed E-state index contributed by atoms with van der Waals surface area (Å²) < 4.78 is 11.7. The zero-order chi connectivity index (χ0) is 20.2. The van der Waals surface area contributed by atoms with E-state index >= 15 is 0 Å². The summed E-state index contributed by atoms with van der Waals surface area (Å²) in [6, 6.07) is 9.74. The number of likely N-dealkylation sites (tertiary alicyclic amines) is 1. The van der Waals surface area contributed by atoms with Crippen LogP contribution in [-0.4, -0.2) is 48.0 Å². The fraction of sp³-hybridized carbons (Fsp3) is 0.522. The van der Waals surface area contributed by atoms with Crippen molar-refractivity contribution in [2.45, 2.75) is 57.2 Å². The zero-order valence-corrected chi connectivity index (χ0v) is 17.7. The molecule has 2 aromatic rings. The molecular formula is C23H29ClN2O3. The highest BCUT2D eigenvalue weighted by atomic mass is 35.5. The molecule has 0 atom stereocenters. The number of hydrogen-bond donors (Lipinski definition) is 0. The van der Waals surface area contributed by atoms with Gasteiger partial charge in [0.1, 0.15) is 17.6 Å². The SMILES string of the molecule is CN(Cc1ccco1)C(=O)c1cc(Cl)ccc1OC1CCN(C2CCCC2)CC1. The number of nitrogens with zero attached hydrogens (tertiary/aromatic N) is 2. The fourth-order valence-corrected chi connectivity index (χ4v) is 4.67. The number of carbonyl (C=O) groups is 1. The lowest BCUT2D eigenvalue weighted by Crippen LogP contribution is -2.43. The summed E-state index contributed by atoms with van der Waals surface area (Å²) in [6.07, 6.45) is 9.14. The molecule has 156 valence electrons. The van der Waals surface area contributed by atoms with Crippen molar-refractivity contribution < 1.29 is 13.9 Å². The van der Waals surface area contributed by atoms with Gasteiger partial charge in [0, 0.05) is 31.2 Å². The van der Waals surface area contributed by atoms with Gasteiger partial charge >= 0.3 is 0 Å². The van der Waals surface area contributed by atoms with Gasteiger partial charge in [-0.1, -0.05) is 24.4 Å². The number of hydrogen-bond acceptors (Lipinski definition) is 4. The number of carbonyl (C=O) groups excluding carboxylic acids is 1. The lowest BCUT2D eigenvalue weighted by Gasteiger charge is -2.36. The van der Waals surface area contributed by atoms with Gasteiger partial charge in [-0.2, -0.15) is 0 Å². The van der Waals surface area contributed by atoms with Gasteiger partial charge in [0.2, 0.25) is 0 Å². The van der Waals surface area contributed by atoms with Gasteiger partial charge < -0.3 is 19.0 Å². The maximum Gasteiger partial charge on any atom is 0.257 e. The maximum absolute atomic E-state index is 13.0. The van der Waals surface area contributed by atoms with Crippen molar-refractivity contribution in [3.05, 3.63) is 52.9 Å². The molecule has 4 rings (SSSR count). The molecule has 1 amide bonds. The van der Waals surface area contributed by atoms with Crippen LogP contribution in [0.2, 0.25) is 5.02 Å². The number of ether oxygens (including phenoxy) is 1. The number of amides is 1. The summed E-state index contributed by atoms with van der Waals surface area (Å²) in [7, 11) is 1.76. The van der Waals surface area contributed by atoms with Gasteiger partial charge in [-0.25, -0.2) is 0 Å². The second-order valence-corrected chi connectivity index (χ2v) is 8.61. The number of benzene rings is 1. The first-order chi connectivity index (χ1) is 14.1. The first kappa shape index (κ1) is 20.3. The Balaban J connectivity index is 1.41. The van der Waals surface area contributed by atoms with Crippen molar-refractivity contribution in [3.63, 3.8) is 0 Å². The number of furan rings is 1. The molecule has 0 radical (unpaired) electrons. The monoisotopic (exact) mass is 416 g/mol. The van der Waals surface area contributed by atoms with Gasteiger partial charge in [-0.3, -0.25) is 4.79 Å². The van der Waals surface area contributed by atoms with Gasteiger partial charge in [0.15, 0.2) is 0 Å². The van der Waals surface area contributed by atoms with Crippen LogP contribution in [0, 0.1) is 0 Å². The van der Waals surface area contributed by atoms with E-state index in [1.54, 1.807) is 30.3 Å². The molecule has 6 heteroatoms. The van der Waals surface area contributed by atoms with Crippen molar-refractivity contribution in [3.8, 4) is 5.75 Å². The highest BCUT2D eigenvalue weighted by Gasteiger charge is 2.29. The van der Waals surface area contributed by atoms with Crippen LogP contribution in [0.25, 0.3) is 0 Å². The van der Waals surface area contributed by atoms with E-state index in [9.17, 15) is 4.79 Å². The summed E-state index contributed by atoms with van der Waals surface area (Å²) in [4.78, 5) is 17.3. The molecule has 2 aliphatic rings. The van der Waals surface area contributed by atoms with Crippen LogP contribution in [0.5, 0.6) is 5.75 Å². The minimum Gasteiger partial charge on any atom is -0.489 e. The molecule has 2 heterocycles. The van der Waals surface area contributed by atoms with Crippen molar-refractivity contribution in [1.29, 1.82) is 0 Å². The van der Waals surface area contributed by atoms with E-state index in [-0.39, 0.29) is 12.0 Å². The van der Waals surface area contributed by atoms with Gasteiger partial charge in [-0.15, -0.1) is 0 Å². The largest absolute Gasteiger partial charge is 0.489 e. The summed E-state index contributed by atoms with van der Waals surface area (Å²) >= 11 is 6.19. The lowest BCUT2D eigenvalue weighted by atomic mass is 10.0. The van der Waals surface area contributed by atoms with Gasteiger partial charge in [-0.05, 0) is 56.0 Å². The van der Waals surface area contributed by atoms with Crippen LogP contribution in [0.15, 0.2) is 41.0 Å². The molecule has 0 bridgehead atoms. The molecule has 1 aromatic carbocycles. The van der Waals surface area contributed by atoms with Crippen molar-refractivity contribution >= 4 is 17.5 Å². The Kier molecular flexibility index (Phi) is 6.46. The third kappa shape index (κ3) is 4.96. The molecule has 5 nitrogen and oxygen atoms in total. The van der Waals surface area contributed by atoms with Crippen molar-refractivity contribution in [2.24, 2.45) is 0 Å². The van der Waals surface area contributed by atoms with Crippen LogP contribution >= 0.6 is 11.6 Å². The van der Waals surface area contributed by atoms with E-state index in [0.717, 1.165) is 37.7 Å². The van der Waals surface area contributed by atoms with E-state index in [0.29, 0.717) is 22.9 Å². The fourth-order valence-electron chi connectivity index (χ4n) is 4.49. The molecule has 2 fully saturated rings. The number of piperidine rings is 1. The minimum atomic E-state index is -0.123. The topological polar surface area (TPSA) is 45.9 Å². The molecule has 1 aliphatic carbocycles. The van der Waals surface area contributed by atoms with E-state index in [1.807, 2.05) is 18.2 Å². The Labute approximate surface area is 177 Å². The lowest BCUT2D eigenvalue weighted by molar-refractivity contribution is 0.0705. The standard InChI is InChI=1S/C23H29ClN2O3/c1-25(16-20-7-4-14-28-20)23(27)21-15-17(24)8-9-22(21)29-19-10-12-26(13-11-19)18-5-2-3-6-18/h4,7-9,14-15,18-19H,2-3,5-6,10-13,16H2,1H3. The Bertz CT molecular complexity index is 810. The summed E-state index contributed by atoms with van der Waals surface area (Å²) in [6.45, 7) is 2.55. The molecule has 29 heavy (non-hydrogen) atoms. The van der Waals surface area contributed by atoms with E-state index < -0.39 is 0 Å². The molecule has 1 saturated carbocycles. The van der Waals surface area contributed by atoms with E-state index in [4.69, 9.17) is 20.8 Å². The third-order valence-corrected chi connectivity index (χ3v) is 6.34. The molecule has 1 saturated heterocycles. The zero-order valence-electron chi connectivity index (χ0n) is 17.0. The second-order valence-electron chi connectivity index (χ2n) is 8.17. The number of rotatable bonds is 6. The summed E-state index contributed by atoms with van der Waals surface area (Å²) in [5.74, 6) is 1.23. The first-order valence-electron chi connectivity index (χ1n) is 10.6. The van der Waals surface area contributed by atoms with Crippen LogP contribution in [0.4, 0.5) is 0 Å². The first-order valence-corrected chi connectivity index (χ1v) is 11.0. The van der Waals surface area contributed by atoms with E-state index in [2.05, 4.69) is 4.90 Å². The average molecular weight is 417 g/mol. The second kappa shape index (κ2) is 9.23. The quantitative estimate of drug-likeness (QED) is 0.665. The summed E-state index contributed by atoms with van der Waals surface area (Å²) in [5.41, 5.74) is 0.504. The van der Waals surface area contributed by atoms with Crippen LogP contribution in [-0.2, 0) is 6.54 Å². The smallest absolute Gasteiger partial charge is 0.257 e. The van der Waals surface area contributed by atoms with Crippen LogP contribution in [0.3, 0.4) is 0 Å². The predicted molar refractivity (Wildman–Crippen MR) is 113 cm³/mol. The molecule has 0 unspecified atom stereocenters. The molecule has 1 aromatic heterocycles. The molecular weight excluding hydrogens is 388 g/mol. The minimum absolute atomic E-state index is 0.123. The predicted octanol–water partition coefficient (Wildman–Crippen LogP) is 4.99. The number of halogens is 1. The Morgan fingerprint density at radius 3 is 2.66 bits per heavy atom. The molecule has 0 spiro atoms. The Morgan fingerprint density at radius 2 is 1.97 bits per heavy atom. The van der Waals surface area contributed by atoms with Crippen LogP contribution in [0.1, 0.15) is 54.6 Å². The van der Waals surface area contributed by atoms with Crippen molar-refractivity contribution in [2.75, 3.05) is 20.1 Å². The Morgan fingerprint density at radius 1 is 1.21 bits per heavy atom. The highest BCUT2D eigenvalue weighted by molar-refractivity contribution is 6.31. The normalized spacial score (nSPS) is 18.8. The average Bonchev–Trinajstić information content (AvgIpc) is 3.43. The molecule has 1 aliphatic heterocycles. The highest BCUT2D eigenvalue weighted by Crippen LogP contribution is 2.30. The molecule has 0 N–H and O–H groups in total. The van der Waals surface area contributed by atoms with Gasteiger partial charge in [0.05, 0.1) is 18.4 Å². The van der Waals surface area contributed by atoms with Gasteiger partial charge in [0.25, 0.3) is 5.91 Å². The summed E-state index contributed by atoms with van der Waals surface area (Å²) in [5, 5.41) is 0.531.